The van der Waals surface area contributed by atoms with E-state index in [9.17, 15) is 4.79 Å². The molecule has 92 valence electrons. The maximum Gasteiger partial charge on any atom is 0.224 e. The van der Waals surface area contributed by atoms with Gasteiger partial charge in [-0.25, -0.2) is 0 Å². The summed E-state index contributed by atoms with van der Waals surface area (Å²) in [6.45, 7) is 2.31. The summed E-state index contributed by atoms with van der Waals surface area (Å²) in [4.78, 5) is 13.6. The molecule has 0 aromatic carbocycles. The molecule has 0 aromatic heterocycles. The number of hydrogen-bond acceptors (Lipinski definition) is 4. The first-order valence-electron chi connectivity index (χ1n) is 5.31. The van der Waals surface area contributed by atoms with Gasteiger partial charge in [0.15, 0.2) is 0 Å². The summed E-state index contributed by atoms with van der Waals surface area (Å²) in [5.74, 6) is 0.0523. The number of hydrogen-bond donors (Lipinski definition) is 1. The Morgan fingerprint density at radius 1 is 1.56 bits per heavy atom. The maximum atomic E-state index is 11.6. The predicted molar refractivity (Wildman–Crippen MR) is 64.2 cm³/mol. The summed E-state index contributed by atoms with van der Waals surface area (Å²) in [6.07, 6.45) is 1.13. The Labute approximate surface area is 101 Å². The fraction of sp³-hybridized carbons (Fsp3) is 0.800. The van der Waals surface area contributed by atoms with Crippen molar-refractivity contribution >= 4 is 23.1 Å². The van der Waals surface area contributed by atoms with Crippen LogP contribution >= 0.6 is 12.2 Å². The van der Waals surface area contributed by atoms with Gasteiger partial charge in [-0.2, -0.15) is 0 Å². The normalized spacial score (nSPS) is 15.6. The van der Waals surface area contributed by atoms with Crippen molar-refractivity contribution in [3.8, 4) is 0 Å². The lowest BCUT2D eigenvalue weighted by Crippen LogP contribution is -2.37. The lowest BCUT2D eigenvalue weighted by atomic mass is 10.3. The number of ether oxygens (including phenoxy) is 2. The van der Waals surface area contributed by atoms with Gasteiger partial charge in [-0.15, -0.1) is 0 Å². The van der Waals surface area contributed by atoms with Crippen molar-refractivity contribution in [1.82, 2.24) is 4.90 Å². The Hall–Kier alpha value is -0.720. The van der Waals surface area contributed by atoms with Crippen molar-refractivity contribution < 1.29 is 14.3 Å². The van der Waals surface area contributed by atoms with E-state index in [0.29, 0.717) is 44.2 Å². The molecule has 0 atom stereocenters. The first kappa shape index (κ1) is 13.3. The van der Waals surface area contributed by atoms with Crippen LogP contribution in [-0.2, 0) is 14.3 Å². The Bertz CT molecular complexity index is 256. The summed E-state index contributed by atoms with van der Waals surface area (Å²) >= 11 is 4.75. The molecule has 1 fully saturated rings. The highest BCUT2D eigenvalue weighted by Crippen LogP contribution is 2.05. The van der Waals surface area contributed by atoms with Crippen LogP contribution in [0.25, 0.3) is 0 Å². The van der Waals surface area contributed by atoms with Crippen molar-refractivity contribution in [3.05, 3.63) is 0 Å². The van der Waals surface area contributed by atoms with E-state index >= 15 is 0 Å². The number of thiocarbonyl (C=S) groups is 1. The number of rotatable bonds is 7. The monoisotopic (exact) mass is 246 g/mol. The van der Waals surface area contributed by atoms with Crippen molar-refractivity contribution in [1.29, 1.82) is 0 Å². The zero-order valence-corrected chi connectivity index (χ0v) is 10.3. The second-order valence-corrected chi connectivity index (χ2v) is 4.34. The molecule has 1 amide bonds. The van der Waals surface area contributed by atoms with E-state index in [1.165, 1.54) is 0 Å². The van der Waals surface area contributed by atoms with Gasteiger partial charge in [0.05, 0.1) is 31.2 Å². The Morgan fingerprint density at radius 3 is 2.75 bits per heavy atom. The second kappa shape index (κ2) is 6.78. The van der Waals surface area contributed by atoms with Crippen LogP contribution in [0.2, 0.25) is 0 Å². The number of carbonyl (C=O) groups excluding carboxylic acids is 1. The van der Waals surface area contributed by atoms with E-state index in [2.05, 4.69) is 0 Å². The van der Waals surface area contributed by atoms with Gasteiger partial charge in [-0.05, 0) is 0 Å². The molecule has 0 spiro atoms. The van der Waals surface area contributed by atoms with Crippen molar-refractivity contribution in [3.63, 3.8) is 0 Å². The molecule has 0 saturated carbocycles. The van der Waals surface area contributed by atoms with Gasteiger partial charge in [0, 0.05) is 20.0 Å². The number of amides is 1. The third-order valence-corrected chi connectivity index (χ3v) is 2.60. The molecule has 0 unspecified atom stereocenters. The molecule has 1 rings (SSSR count). The van der Waals surface area contributed by atoms with Gasteiger partial charge in [-0.3, -0.25) is 4.79 Å². The fourth-order valence-corrected chi connectivity index (χ4v) is 1.31. The summed E-state index contributed by atoms with van der Waals surface area (Å²) in [7, 11) is 1.74. The van der Waals surface area contributed by atoms with Gasteiger partial charge < -0.3 is 20.1 Å². The molecule has 1 heterocycles. The summed E-state index contributed by atoms with van der Waals surface area (Å²) in [5, 5.41) is 0. The fourth-order valence-electron chi connectivity index (χ4n) is 1.22. The lowest BCUT2D eigenvalue weighted by molar-refractivity contribution is -0.142. The zero-order valence-electron chi connectivity index (χ0n) is 9.48. The molecule has 2 N–H and O–H groups in total. The van der Waals surface area contributed by atoms with Crippen molar-refractivity contribution in [2.75, 3.05) is 33.4 Å². The third-order valence-electron chi connectivity index (χ3n) is 2.40. The highest BCUT2D eigenvalue weighted by molar-refractivity contribution is 7.80. The molecule has 1 aliphatic heterocycles. The molecule has 6 heteroatoms. The standard InChI is InChI=1S/C10H18N2O3S/c1-12(4-2-9(11)16)10(13)3-5-15-8-6-14-7-8/h8H,2-7H2,1H3,(H2,11,16). The molecule has 0 aromatic rings. The largest absolute Gasteiger partial charge is 0.393 e. The number of carbonyl (C=O) groups is 1. The number of nitrogens with two attached hydrogens (primary N) is 1. The van der Waals surface area contributed by atoms with E-state index in [1.807, 2.05) is 0 Å². The van der Waals surface area contributed by atoms with E-state index in [-0.39, 0.29) is 12.0 Å². The molecule has 0 radical (unpaired) electrons. The minimum Gasteiger partial charge on any atom is -0.393 e. The first-order chi connectivity index (χ1) is 7.59. The molecule has 0 aliphatic carbocycles. The molecule has 1 saturated heterocycles. The molecule has 5 nitrogen and oxygen atoms in total. The second-order valence-electron chi connectivity index (χ2n) is 3.81. The first-order valence-corrected chi connectivity index (χ1v) is 5.72. The SMILES string of the molecule is CN(CCC(N)=S)C(=O)CCOC1COC1. The highest BCUT2D eigenvalue weighted by Gasteiger charge is 2.19. The Kier molecular flexibility index (Phi) is 5.65. The van der Waals surface area contributed by atoms with Gasteiger partial charge in [0.25, 0.3) is 0 Å². The smallest absolute Gasteiger partial charge is 0.224 e. The minimum atomic E-state index is 0.0523. The van der Waals surface area contributed by atoms with Gasteiger partial charge >= 0.3 is 0 Å². The topological polar surface area (TPSA) is 64.8 Å². The highest BCUT2D eigenvalue weighted by atomic mass is 32.1. The third kappa shape index (κ3) is 4.87. The molecular formula is C10H18N2O3S. The summed E-state index contributed by atoms with van der Waals surface area (Å²) in [5.41, 5.74) is 5.36. The minimum absolute atomic E-state index is 0.0523. The van der Waals surface area contributed by atoms with Crippen LogP contribution < -0.4 is 5.73 Å². The van der Waals surface area contributed by atoms with Gasteiger partial charge in [0.2, 0.25) is 5.91 Å². The van der Waals surface area contributed by atoms with E-state index < -0.39 is 0 Å². The van der Waals surface area contributed by atoms with Crippen molar-refractivity contribution in [2.45, 2.75) is 18.9 Å². The Morgan fingerprint density at radius 2 is 2.25 bits per heavy atom. The van der Waals surface area contributed by atoms with Crippen LogP contribution in [0.3, 0.4) is 0 Å². The van der Waals surface area contributed by atoms with E-state index in [0.717, 1.165) is 0 Å². The van der Waals surface area contributed by atoms with Crippen LogP contribution in [0, 0.1) is 0 Å². The van der Waals surface area contributed by atoms with Gasteiger partial charge in [0.1, 0.15) is 6.10 Å². The van der Waals surface area contributed by atoms with Crippen LogP contribution in [0.4, 0.5) is 0 Å². The predicted octanol–water partition coefficient (Wildman–Crippen LogP) is -0.0735. The van der Waals surface area contributed by atoms with Crippen LogP contribution in [0.5, 0.6) is 0 Å². The quantitative estimate of drug-likeness (QED) is 0.637. The van der Waals surface area contributed by atoms with E-state index in [4.69, 9.17) is 27.4 Å². The summed E-state index contributed by atoms with van der Waals surface area (Å²) in [6, 6.07) is 0. The molecule has 16 heavy (non-hydrogen) atoms. The summed E-state index contributed by atoms with van der Waals surface area (Å²) < 4.78 is 10.4. The average Bonchev–Trinajstić information content (AvgIpc) is 2.17. The zero-order chi connectivity index (χ0) is 12.0. The van der Waals surface area contributed by atoms with Crippen molar-refractivity contribution in [2.24, 2.45) is 5.73 Å². The number of nitrogens with zero attached hydrogens (tertiary/aromatic N) is 1. The van der Waals surface area contributed by atoms with Gasteiger partial charge in [-0.1, -0.05) is 12.2 Å². The average molecular weight is 246 g/mol. The molecular weight excluding hydrogens is 228 g/mol. The molecule has 1 aliphatic rings. The Balaban J connectivity index is 2.05. The lowest BCUT2D eigenvalue weighted by Gasteiger charge is -2.26. The van der Waals surface area contributed by atoms with Crippen LogP contribution in [0.1, 0.15) is 12.8 Å². The molecule has 0 bridgehead atoms. The maximum absolute atomic E-state index is 11.6. The van der Waals surface area contributed by atoms with E-state index in [1.54, 1.807) is 11.9 Å². The van der Waals surface area contributed by atoms with Crippen LogP contribution in [-0.4, -0.2) is 55.3 Å². The van der Waals surface area contributed by atoms with Crippen LogP contribution in [0.15, 0.2) is 0 Å².